The zero-order chi connectivity index (χ0) is 23.5. The number of carbonyl (C=O) groups excluding carboxylic acids is 1. The summed E-state index contributed by atoms with van der Waals surface area (Å²) < 4.78 is 7.81. The minimum Gasteiger partial charge on any atom is -0.507 e. The van der Waals surface area contributed by atoms with Gasteiger partial charge in [-0.3, -0.25) is 4.79 Å². The summed E-state index contributed by atoms with van der Waals surface area (Å²) in [7, 11) is 0. The van der Waals surface area contributed by atoms with Crippen LogP contribution in [0.25, 0.3) is 27.4 Å². The molecule has 7 nitrogen and oxygen atoms in total. The van der Waals surface area contributed by atoms with Crippen LogP contribution in [0.4, 0.5) is 0 Å². The first kappa shape index (κ1) is 21.7. The number of fused-ring (bicyclic) bond motifs is 3. The van der Waals surface area contributed by atoms with Crippen LogP contribution in [0.15, 0.2) is 29.0 Å². The standard InChI is InChI=1S/C24H24N4O3S2/c1-12-22(33-13(2)25-12)15-8-16-19(9-18(15)29)31-10-17-20(23(30)26-24(3,4)5)27-28(21(16)17)14-6-7-32-11-14/h6-9,11,29H,10H2,1-5H3,(H,26,30). The average molecular weight is 481 g/mol. The first-order valence-corrected chi connectivity index (χ1v) is 12.3. The van der Waals surface area contributed by atoms with Gasteiger partial charge in [0, 0.05) is 33.7 Å². The van der Waals surface area contributed by atoms with Gasteiger partial charge in [0.1, 0.15) is 18.1 Å². The first-order chi connectivity index (χ1) is 15.6. The quantitative estimate of drug-likeness (QED) is 0.406. The second-order valence-corrected chi connectivity index (χ2v) is 11.1. The highest BCUT2D eigenvalue weighted by atomic mass is 32.1. The highest BCUT2D eigenvalue weighted by molar-refractivity contribution is 7.15. The normalized spacial score (nSPS) is 12.8. The number of hydrogen-bond donors (Lipinski definition) is 2. The maximum Gasteiger partial charge on any atom is 0.272 e. The number of aromatic nitrogens is 3. The van der Waals surface area contributed by atoms with Crippen molar-refractivity contribution in [3.8, 4) is 38.9 Å². The SMILES string of the molecule is Cc1nc(C)c(-c2cc3c(cc2O)OCc2c(C(=O)NC(C)(C)C)nn(-c4ccsc4)c2-3)s1. The zero-order valence-electron chi connectivity index (χ0n) is 19.0. The summed E-state index contributed by atoms with van der Waals surface area (Å²) in [5, 5.41) is 23.4. The number of thiazole rings is 1. The summed E-state index contributed by atoms with van der Waals surface area (Å²) in [5.41, 5.74) is 4.67. The van der Waals surface area contributed by atoms with Gasteiger partial charge in [-0.1, -0.05) is 0 Å². The second-order valence-electron chi connectivity index (χ2n) is 9.07. The van der Waals surface area contributed by atoms with Gasteiger partial charge >= 0.3 is 0 Å². The van der Waals surface area contributed by atoms with Gasteiger partial charge in [0.2, 0.25) is 0 Å². The summed E-state index contributed by atoms with van der Waals surface area (Å²) in [6, 6.07) is 5.52. The summed E-state index contributed by atoms with van der Waals surface area (Å²) in [4.78, 5) is 18.6. The summed E-state index contributed by atoms with van der Waals surface area (Å²) in [6.45, 7) is 9.89. The Morgan fingerprint density at radius 2 is 2.03 bits per heavy atom. The van der Waals surface area contributed by atoms with Crippen LogP contribution < -0.4 is 10.1 Å². The van der Waals surface area contributed by atoms with E-state index in [2.05, 4.69) is 10.3 Å². The van der Waals surface area contributed by atoms with Crippen LogP contribution in [0.2, 0.25) is 0 Å². The molecule has 0 saturated heterocycles. The van der Waals surface area contributed by atoms with Gasteiger partial charge in [-0.15, -0.1) is 11.3 Å². The zero-order valence-corrected chi connectivity index (χ0v) is 20.6. The Hall–Kier alpha value is -3.17. The second kappa shape index (κ2) is 7.71. The molecule has 3 aromatic heterocycles. The third-order valence-corrected chi connectivity index (χ3v) is 7.09. The Labute approximate surface area is 199 Å². The van der Waals surface area contributed by atoms with Gasteiger partial charge in [-0.05, 0) is 52.1 Å². The van der Waals surface area contributed by atoms with Crippen molar-refractivity contribution in [1.29, 1.82) is 0 Å². The predicted octanol–water partition coefficient (Wildman–Crippen LogP) is 5.47. The molecular formula is C24H24N4O3S2. The molecule has 33 heavy (non-hydrogen) atoms. The fourth-order valence-electron chi connectivity index (χ4n) is 4.00. The molecule has 1 aromatic carbocycles. The Morgan fingerprint density at radius 1 is 1.24 bits per heavy atom. The number of benzene rings is 1. The van der Waals surface area contributed by atoms with Crippen molar-refractivity contribution >= 4 is 28.6 Å². The lowest BCUT2D eigenvalue weighted by atomic mass is 9.98. The maximum absolute atomic E-state index is 13.1. The number of hydrogen-bond acceptors (Lipinski definition) is 7. The monoisotopic (exact) mass is 480 g/mol. The maximum atomic E-state index is 13.1. The molecule has 170 valence electrons. The number of phenolic OH excluding ortho intramolecular Hbond substituents is 1. The van der Waals surface area contributed by atoms with Crippen LogP contribution in [-0.2, 0) is 6.61 Å². The van der Waals surface area contributed by atoms with E-state index in [1.165, 1.54) is 11.3 Å². The van der Waals surface area contributed by atoms with E-state index in [4.69, 9.17) is 9.84 Å². The lowest BCUT2D eigenvalue weighted by Crippen LogP contribution is -2.41. The van der Waals surface area contributed by atoms with E-state index in [0.717, 1.165) is 38.1 Å². The van der Waals surface area contributed by atoms with E-state index in [9.17, 15) is 9.90 Å². The number of ether oxygens (including phenoxy) is 1. The molecule has 1 amide bonds. The van der Waals surface area contributed by atoms with E-state index >= 15 is 0 Å². The van der Waals surface area contributed by atoms with Gasteiger partial charge in [0.05, 0.1) is 27.0 Å². The highest BCUT2D eigenvalue weighted by Gasteiger charge is 2.32. The largest absolute Gasteiger partial charge is 0.507 e. The number of amides is 1. The van der Waals surface area contributed by atoms with Crippen LogP contribution in [0.5, 0.6) is 11.5 Å². The van der Waals surface area contributed by atoms with Crippen LogP contribution in [0.1, 0.15) is 47.5 Å². The number of aromatic hydroxyl groups is 1. The molecule has 0 aliphatic carbocycles. The fourth-order valence-corrected chi connectivity index (χ4v) is 5.56. The number of rotatable bonds is 3. The molecule has 4 heterocycles. The molecule has 0 radical (unpaired) electrons. The van der Waals surface area contributed by atoms with Crippen LogP contribution in [-0.4, -0.2) is 31.3 Å². The molecular weight excluding hydrogens is 456 g/mol. The number of phenols is 1. The lowest BCUT2D eigenvalue weighted by Gasteiger charge is -2.22. The van der Waals surface area contributed by atoms with Gasteiger partial charge in [0.15, 0.2) is 5.69 Å². The number of aryl methyl sites for hydroxylation is 2. The Morgan fingerprint density at radius 3 is 2.67 bits per heavy atom. The van der Waals surface area contributed by atoms with Crippen molar-refractivity contribution in [2.45, 2.75) is 46.8 Å². The average Bonchev–Trinajstić information content (AvgIpc) is 3.44. The Bertz CT molecular complexity index is 1380. The van der Waals surface area contributed by atoms with Crippen molar-refractivity contribution in [3.63, 3.8) is 0 Å². The highest BCUT2D eigenvalue weighted by Crippen LogP contribution is 2.47. The van der Waals surface area contributed by atoms with E-state index in [1.807, 2.05) is 57.5 Å². The van der Waals surface area contributed by atoms with Crippen LogP contribution in [0.3, 0.4) is 0 Å². The molecule has 2 N–H and O–H groups in total. The summed E-state index contributed by atoms with van der Waals surface area (Å²) >= 11 is 3.10. The molecule has 0 fully saturated rings. The summed E-state index contributed by atoms with van der Waals surface area (Å²) in [6.07, 6.45) is 0. The molecule has 0 unspecified atom stereocenters. The van der Waals surface area contributed by atoms with Crippen molar-refractivity contribution in [3.05, 3.63) is 50.9 Å². The van der Waals surface area contributed by atoms with Gasteiger partial charge in [-0.25, -0.2) is 9.67 Å². The number of carbonyl (C=O) groups is 1. The van der Waals surface area contributed by atoms with E-state index in [1.54, 1.807) is 22.1 Å². The first-order valence-electron chi connectivity index (χ1n) is 10.5. The molecule has 0 atom stereocenters. The van der Waals surface area contributed by atoms with Crippen LogP contribution >= 0.6 is 22.7 Å². The Kier molecular flexibility index (Phi) is 5.06. The molecule has 0 saturated carbocycles. The van der Waals surface area contributed by atoms with Crippen molar-refractivity contribution in [2.75, 3.05) is 0 Å². The third kappa shape index (κ3) is 3.81. The summed E-state index contributed by atoms with van der Waals surface area (Å²) in [5.74, 6) is 0.450. The Balaban J connectivity index is 1.74. The smallest absolute Gasteiger partial charge is 0.272 e. The molecule has 9 heteroatoms. The lowest BCUT2D eigenvalue weighted by molar-refractivity contribution is 0.0911. The van der Waals surface area contributed by atoms with Crippen molar-refractivity contribution in [1.82, 2.24) is 20.1 Å². The molecule has 1 aliphatic rings. The number of nitrogens with zero attached hydrogens (tertiary/aromatic N) is 3. The van der Waals surface area contributed by atoms with Gasteiger partial charge < -0.3 is 15.2 Å². The number of nitrogens with one attached hydrogen (secondary N) is 1. The van der Waals surface area contributed by atoms with Crippen LogP contribution in [0, 0.1) is 13.8 Å². The molecule has 4 aromatic rings. The number of thiophene rings is 1. The van der Waals surface area contributed by atoms with Gasteiger partial charge in [-0.2, -0.15) is 16.4 Å². The minimum atomic E-state index is -0.399. The van der Waals surface area contributed by atoms with E-state index < -0.39 is 5.54 Å². The topological polar surface area (TPSA) is 89.3 Å². The van der Waals surface area contributed by atoms with Gasteiger partial charge in [0.25, 0.3) is 5.91 Å². The van der Waals surface area contributed by atoms with Crippen molar-refractivity contribution < 1.29 is 14.6 Å². The molecule has 5 rings (SSSR count). The molecule has 0 bridgehead atoms. The molecule has 1 aliphatic heterocycles. The van der Waals surface area contributed by atoms with E-state index in [-0.39, 0.29) is 18.3 Å². The van der Waals surface area contributed by atoms with Crippen molar-refractivity contribution in [2.24, 2.45) is 0 Å². The van der Waals surface area contributed by atoms with E-state index in [0.29, 0.717) is 17.0 Å². The third-order valence-electron chi connectivity index (χ3n) is 5.31. The minimum absolute atomic E-state index is 0.135. The molecule has 0 spiro atoms. The predicted molar refractivity (Wildman–Crippen MR) is 131 cm³/mol. The fraction of sp³-hybridized carbons (Fsp3) is 0.292.